The predicted molar refractivity (Wildman–Crippen MR) is 95.4 cm³/mol. The summed E-state index contributed by atoms with van der Waals surface area (Å²) in [4.78, 5) is 2.14. The number of piperidine rings is 1. The third kappa shape index (κ3) is 7.43. The highest BCUT2D eigenvalue weighted by molar-refractivity contribution is 5.67. The van der Waals surface area contributed by atoms with Crippen LogP contribution in [0.5, 0.6) is 0 Å². The molecule has 0 unspecified atom stereocenters. The van der Waals surface area contributed by atoms with Crippen LogP contribution < -0.4 is 10.6 Å². The van der Waals surface area contributed by atoms with E-state index in [0.29, 0.717) is 5.69 Å². The quantitative estimate of drug-likeness (QED) is 0.751. The molecule has 0 saturated carbocycles. The van der Waals surface area contributed by atoms with Crippen molar-refractivity contribution < 1.29 is 17.9 Å². The molecule has 1 aromatic carbocycles. The highest BCUT2D eigenvalue weighted by Gasteiger charge is 2.32. The molecule has 24 heavy (non-hydrogen) atoms. The van der Waals surface area contributed by atoms with E-state index >= 15 is 0 Å². The Kier molecular flexibility index (Phi) is 11.3. The Morgan fingerprint density at radius 1 is 1.12 bits per heavy atom. The van der Waals surface area contributed by atoms with Crippen molar-refractivity contribution in [1.82, 2.24) is 0 Å². The molecule has 0 radical (unpaired) electrons. The van der Waals surface area contributed by atoms with E-state index < -0.39 is 12.8 Å². The van der Waals surface area contributed by atoms with Crippen LogP contribution in [0.15, 0.2) is 24.3 Å². The van der Waals surface area contributed by atoms with Crippen LogP contribution in [0.4, 0.5) is 24.5 Å². The lowest BCUT2D eigenvalue weighted by Gasteiger charge is -2.34. The first kappa shape index (κ1) is 22.6. The molecule has 0 bridgehead atoms. The second-order valence-corrected chi connectivity index (χ2v) is 5.07. The van der Waals surface area contributed by atoms with Gasteiger partial charge in [0, 0.05) is 13.1 Å². The lowest BCUT2D eigenvalue weighted by Crippen LogP contribution is -2.37. The second kappa shape index (κ2) is 12.0. The number of halogens is 3. The molecular formula is C18H31F3N2O. The van der Waals surface area contributed by atoms with Crippen molar-refractivity contribution in [3.05, 3.63) is 24.3 Å². The molecule has 3 nitrogen and oxygen atoms in total. The summed E-state index contributed by atoms with van der Waals surface area (Å²) in [5, 5.41) is 0. The van der Waals surface area contributed by atoms with Crippen LogP contribution in [0, 0.1) is 5.92 Å². The van der Waals surface area contributed by atoms with Crippen molar-refractivity contribution in [2.45, 2.75) is 46.6 Å². The average Bonchev–Trinajstić information content (AvgIpc) is 2.64. The van der Waals surface area contributed by atoms with E-state index in [0.717, 1.165) is 31.6 Å². The first-order chi connectivity index (χ1) is 11.5. The van der Waals surface area contributed by atoms with Gasteiger partial charge in [0.25, 0.3) is 0 Å². The molecule has 2 N–H and O–H groups in total. The van der Waals surface area contributed by atoms with E-state index in [1.54, 1.807) is 0 Å². The number of anilines is 2. The van der Waals surface area contributed by atoms with Crippen LogP contribution in [0.2, 0.25) is 0 Å². The van der Waals surface area contributed by atoms with E-state index in [9.17, 15) is 13.2 Å². The molecule has 1 aliphatic heterocycles. The Bertz CT molecular complexity index is 436. The molecule has 2 rings (SSSR count). The number of para-hydroxylation sites is 2. The second-order valence-electron chi connectivity index (χ2n) is 5.07. The Hall–Kier alpha value is -1.43. The molecule has 140 valence electrons. The summed E-state index contributed by atoms with van der Waals surface area (Å²) in [6.07, 6.45) is -2.19. The van der Waals surface area contributed by atoms with Crippen molar-refractivity contribution in [1.29, 1.82) is 0 Å². The number of hydrogen-bond donors (Lipinski definition) is 1. The molecule has 0 aliphatic carbocycles. The number of rotatable bonds is 5. The molecule has 1 fully saturated rings. The van der Waals surface area contributed by atoms with Crippen LogP contribution >= 0.6 is 0 Å². The molecule has 1 heterocycles. The van der Waals surface area contributed by atoms with E-state index in [2.05, 4.69) is 9.64 Å². The number of nitrogens with two attached hydrogens (primary N) is 1. The largest absolute Gasteiger partial charge is 0.397 e. The summed E-state index contributed by atoms with van der Waals surface area (Å²) in [6.45, 7) is 7.61. The summed E-state index contributed by atoms with van der Waals surface area (Å²) in [5.74, 6) is 0.0358. The van der Waals surface area contributed by atoms with Crippen LogP contribution in [-0.2, 0) is 4.74 Å². The minimum Gasteiger partial charge on any atom is -0.397 e. The minimum atomic E-state index is -3.65. The Balaban J connectivity index is 0.00000123. The summed E-state index contributed by atoms with van der Waals surface area (Å²) >= 11 is 0. The molecule has 0 spiro atoms. The maximum atomic E-state index is 12.7. The van der Waals surface area contributed by atoms with Crippen molar-refractivity contribution >= 4 is 11.4 Å². The van der Waals surface area contributed by atoms with Gasteiger partial charge < -0.3 is 15.4 Å². The normalized spacial score (nSPS) is 15.0. The summed E-state index contributed by atoms with van der Waals surface area (Å²) in [6, 6.07) is 7.58. The van der Waals surface area contributed by atoms with Gasteiger partial charge in [-0.1, -0.05) is 39.8 Å². The maximum absolute atomic E-state index is 12.7. The molecule has 1 aliphatic rings. The zero-order valence-corrected chi connectivity index (χ0v) is 15.2. The summed E-state index contributed by atoms with van der Waals surface area (Å²) in [5.41, 5.74) is 7.60. The van der Waals surface area contributed by atoms with Gasteiger partial charge in [-0.3, -0.25) is 0 Å². The number of benzene rings is 1. The topological polar surface area (TPSA) is 38.5 Å². The molecule has 0 amide bonds. The van der Waals surface area contributed by atoms with Gasteiger partial charge in [0.15, 0.2) is 6.67 Å². The van der Waals surface area contributed by atoms with Crippen LogP contribution in [0.25, 0.3) is 0 Å². The molecule has 1 aromatic rings. The fourth-order valence-electron chi connectivity index (χ4n) is 2.39. The van der Waals surface area contributed by atoms with Crippen molar-refractivity contribution in [2.75, 3.05) is 37.0 Å². The Labute approximate surface area is 144 Å². The number of nitrogen functional groups attached to an aromatic ring is 1. The standard InChI is InChI=1S/C14H19F3N2O.2C2H6/c15-10-14(16,17)20-9-11-5-7-19(8-6-11)13-4-2-1-3-12(13)18;2*1-2/h1-4,11H,5-10,18H2;2*1-2H3. The molecule has 0 aromatic heterocycles. The lowest BCUT2D eigenvalue weighted by molar-refractivity contribution is -0.252. The number of ether oxygens (including phenoxy) is 1. The number of hydrogen-bond acceptors (Lipinski definition) is 3. The van der Waals surface area contributed by atoms with Crippen molar-refractivity contribution in [3.8, 4) is 0 Å². The molecule has 1 saturated heterocycles. The number of alkyl halides is 3. The Morgan fingerprint density at radius 3 is 2.17 bits per heavy atom. The predicted octanol–water partition coefficient (Wildman–Crippen LogP) is 5.12. The fourth-order valence-corrected chi connectivity index (χ4v) is 2.39. The van der Waals surface area contributed by atoms with Crippen molar-refractivity contribution in [2.24, 2.45) is 5.92 Å². The SMILES string of the molecule is CC.CC.Nc1ccccc1N1CCC(COC(F)(F)CF)CC1. The Morgan fingerprint density at radius 2 is 1.67 bits per heavy atom. The van der Waals surface area contributed by atoms with Gasteiger partial charge >= 0.3 is 6.11 Å². The van der Waals surface area contributed by atoms with Gasteiger partial charge in [-0.05, 0) is 30.9 Å². The zero-order valence-electron chi connectivity index (χ0n) is 15.2. The molecular weight excluding hydrogens is 317 g/mol. The van der Waals surface area contributed by atoms with Crippen molar-refractivity contribution in [3.63, 3.8) is 0 Å². The highest BCUT2D eigenvalue weighted by atomic mass is 19.3. The fraction of sp³-hybridized carbons (Fsp3) is 0.667. The van der Waals surface area contributed by atoms with Gasteiger partial charge in [0.1, 0.15) is 0 Å². The van der Waals surface area contributed by atoms with E-state index in [-0.39, 0.29) is 12.5 Å². The van der Waals surface area contributed by atoms with Gasteiger partial charge in [-0.15, -0.1) is 0 Å². The average molecular weight is 348 g/mol. The van der Waals surface area contributed by atoms with E-state index in [4.69, 9.17) is 5.73 Å². The van der Waals surface area contributed by atoms with E-state index in [1.807, 2.05) is 52.0 Å². The third-order valence-electron chi connectivity index (χ3n) is 3.58. The first-order valence-corrected chi connectivity index (χ1v) is 8.69. The van der Waals surface area contributed by atoms with Crippen LogP contribution in [-0.4, -0.2) is 32.5 Å². The lowest BCUT2D eigenvalue weighted by atomic mass is 9.97. The molecule has 6 heteroatoms. The first-order valence-electron chi connectivity index (χ1n) is 8.69. The van der Waals surface area contributed by atoms with Crippen LogP contribution in [0.3, 0.4) is 0 Å². The third-order valence-corrected chi connectivity index (χ3v) is 3.58. The summed E-state index contributed by atoms with van der Waals surface area (Å²) in [7, 11) is 0. The smallest absolute Gasteiger partial charge is 0.384 e. The van der Waals surface area contributed by atoms with Gasteiger partial charge in [-0.2, -0.15) is 8.78 Å². The summed E-state index contributed by atoms with van der Waals surface area (Å²) < 4.78 is 41.6. The van der Waals surface area contributed by atoms with Gasteiger partial charge in [0.05, 0.1) is 18.0 Å². The maximum Gasteiger partial charge on any atom is 0.384 e. The monoisotopic (exact) mass is 348 g/mol. The van der Waals surface area contributed by atoms with Crippen LogP contribution in [0.1, 0.15) is 40.5 Å². The highest BCUT2D eigenvalue weighted by Crippen LogP contribution is 2.28. The number of nitrogens with zero attached hydrogens (tertiary/aromatic N) is 1. The van der Waals surface area contributed by atoms with E-state index in [1.165, 1.54) is 0 Å². The van der Waals surface area contributed by atoms with Gasteiger partial charge in [-0.25, -0.2) is 4.39 Å². The molecule has 0 atom stereocenters. The van der Waals surface area contributed by atoms with Gasteiger partial charge in [0.2, 0.25) is 0 Å². The minimum absolute atomic E-state index is 0.0358. The zero-order chi connectivity index (χ0) is 18.6.